The Morgan fingerprint density at radius 3 is 1.36 bits per heavy atom. The summed E-state index contributed by atoms with van der Waals surface area (Å²) in [6, 6.07) is 40.0. The summed E-state index contributed by atoms with van der Waals surface area (Å²) in [5.74, 6) is -0.522. The van der Waals surface area contributed by atoms with E-state index in [9.17, 15) is 30.3 Å². The van der Waals surface area contributed by atoms with Gasteiger partial charge in [0.25, 0.3) is 0 Å². The molecule has 0 saturated heterocycles. The second kappa shape index (κ2) is 26.5. The fourth-order valence-electron chi connectivity index (χ4n) is 10.1. The lowest BCUT2D eigenvalue weighted by Crippen LogP contribution is -2.38. The number of carbonyl (C=O) groups is 2. The normalized spacial score (nSPS) is 11.9. The van der Waals surface area contributed by atoms with Crippen LogP contribution in [0.3, 0.4) is 0 Å². The zero-order valence-electron chi connectivity index (χ0n) is 45.7. The molecular weight excluding hydrogens is 1100 g/mol. The van der Waals surface area contributed by atoms with Crippen LogP contribution in [0.25, 0.3) is 32.9 Å². The summed E-state index contributed by atoms with van der Waals surface area (Å²) in [7, 11) is 0. The average molecular weight is 1160 g/mol. The van der Waals surface area contributed by atoms with Crippen LogP contribution in [0.1, 0.15) is 66.8 Å². The van der Waals surface area contributed by atoms with E-state index in [2.05, 4.69) is 54.8 Å². The highest BCUT2D eigenvalue weighted by atomic mass is 35.5. The van der Waals surface area contributed by atoms with E-state index in [1.165, 1.54) is 12.4 Å². The SMILES string of the molecule is Cc1c(COc2cc(OCc3cncc(C#N)c3)c(CNC(Cc3c[nH]c4ccccc34)C(=O)O)cc2Cl)cccc1-c1cccc(COc2cc(OCc3cncc(C#N)c3)c(CNC(Cc3c[nH]c4ccccc34)C(=O)O)cc2Cl)c1C. The van der Waals surface area contributed by atoms with Crippen LogP contribution in [-0.4, -0.2) is 54.2 Å². The molecule has 0 fully saturated rings. The van der Waals surface area contributed by atoms with Gasteiger partial charge in [-0.05, 0) is 94.8 Å². The molecule has 0 amide bonds. The van der Waals surface area contributed by atoms with Gasteiger partial charge >= 0.3 is 11.9 Å². The quantitative estimate of drug-likeness (QED) is 0.0312. The third-order valence-electron chi connectivity index (χ3n) is 14.7. The Morgan fingerprint density at radius 1 is 0.524 bits per heavy atom. The van der Waals surface area contributed by atoms with Gasteiger partial charge < -0.3 is 39.1 Å². The molecule has 0 spiro atoms. The Balaban J connectivity index is 0.853. The Bertz CT molecular complexity index is 3880. The number of fused-ring (bicyclic) bond motifs is 2. The van der Waals surface area contributed by atoms with Crippen molar-refractivity contribution in [2.75, 3.05) is 0 Å². The number of hydrogen-bond acceptors (Lipinski definition) is 12. The number of rotatable bonds is 25. The molecule has 10 aromatic rings. The average Bonchev–Trinajstić information content (AvgIpc) is 4.27. The number of nitrogens with one attached hydrogen (secondary N) is 4. The number of nitrogens with zero attached hydrogens (tertiary/aromatic N) is 4. The topological polar surface area (TPSA) is 241 Å². The number of H-pyrrole nitrogens is 2. The number of hydrogen-bond donors (Lipinski definition) is 6. The number of pyridine rings is 2. The van der Waals surface area contributed by atoms with Crippen molar-refractivity contribution in [2.24, 2.45) is 0 Å². The molecule has 0 radical (unpaired) electrons. The van der Waals surface area contributed by atoms with Crippen molar-refractivity contribution in [2.45, 2.75) is 78.3 Å². The van der Waals surface area contributed by atoms with E-state index in [0.717, 1.165) is 66.3 Å². The first kappa shape index (κ1) is 57.6. The highest BCUT2D eigenvalue weighted by Gasteiger charge is 2.24. The summed E-state index contributed by atoms with van der Waals surface area (Å²) in [6.07, 6.45) is 10.3. The van der Waals surface area contributed by atoms with E-state index in [0.29, 0.717) is 66.4 Å². The highest BCUT2D eigenvalue weighted by molar-refractivity contribution is 6.32. The molecule has 0 aliphatic rings. The monoisotopic (exact) mass is 1160 g/mol. The van der Waals surface area contributed by atoms with E-state index >= 15 is 0 Å². The maximum Gasteiger partial charge on any atom is 0.321 e. The van der Waals surface area contributed by atoms with Crippen LogP contribution >= 0.6 is 23.2 Å². The second-order valence-electron chi connectivity index (χ2n) is 20.2. The van der Waals surface area contributed by atoms with Crippen molar-refractivity contribution in [3.8, 4) is 46.3 Å². The van der Waals surface area contributed by atoms with E-state index in [1.807, 2.05) is 99.0 Å². The lowest BCUT2D eigenvalue weighted by Gasteiger charge is -2.20. The fourth-order valence-corrected chi connectivity index (χ4v) is 10.6. The highest BCUT2D eigenvalue weighted by Crippen LogP contribution is 2.38. The molecule has 84 heavy (non-hydrogen) atoms. The predicted octanol–water partition coefficient (Wildman–Crippen LogP) is 12.7. The molecule has 10 rings (SSSR count). The lowest BCUT2D eigenvalue weighted by molar-refractivity contribution is -0.140. The molecule has 2 atom stereocenters. The number of aromatic amines is 2. The number of para-hydroxylation sites is 2. The molecule has 0 aliphatic heterocycles. The third kappa shape index (κ3) is 13.6. The van der Waals surface area contributed by atoms with Crippen LogP contribution in [0.2, 0.25) is 10.0 Å². The van der Waals surface area contributed by atoms with Gasteiger partial charge in [0.05, 0.1) is 21.2 Å². The van der Waals surface area contributed by atoms with Crippen molar-refractivity contribution < 1.29 is 38.7 Å². The summed E-state index contributed by atoms with van der Waals surface area (Å²) in [5, 5.41) is 48.5. The van der Waals surface area contributed by atoms with Crippen molar-refractivity contribution in [1.82, 2.24) is 30.6 Å². The van der Waals surface area contributed by atoms with Crippen LogP contribution < -0.4 is 29.6 Å². The predicted molar refractivity (Wildman–Crippen MR) is 320 cm³/mol. The van der Waals surface area contributed by atoms with Gasteiger partial charge in [-0.25, -0.2) is 0 Å². The first-order chi connectivity index (χ1) is 40.8. The van der Waals surface area contributed by atoms with Crippen molar-refractivity contribution in [3.63, 3.8) is 0 Å². The van der Waals surface area contributed by atoms with Gasteiger partial charge in [-0.15, -0.1) is 0 Å². The first-order valence-electron chi connectivity index (χ1n) is 26.9. The first-order valence-corrected chi connectivity index (χ1v) is 27.6. The van der Waals surface area contributed by atoms with E-state index in [1.54, 1.807) is 48.8 Å². The Morgan fingerprint density at radius 2 is 0.940 bits per heavy atom. The number of halogens is 2. The molecule has 0 bridgehead atoms. The fraction of sp³-hybridized carbons (Fsp3) is 0.182. The number of ether oxygens (including phenoxy) is 4. The Hall–Kier alpha value is -9.68. The lowest BCUT2D eigenvalue weighted by atomic mass is 9.92. The van der Waals surface area contributed by atoms with Crippen molar-refractivity contribution in [1.29, 1.82) is 10.5 Å². The van der Waals surface area contributed by atoms with Crippen LogP contribution in [0.5, 0.6) is 23.0 Å². The molecule has 422 valence electrons. The Labute approximate surface area is 494 Å². The van der Waals surface area contributed by atoms with Gasteiger partial charge in [0, 0.05) is 119 Å². The number of benzene rings is 6. The number of nitriles is 2. The van der Waals surface area contributed by atoms with Gasteiger partial charge in [0.15, 0.2) is 0 Å². The van der Waals surface area contributed by atoms with E-state index in [-0.39, 0.29) is 52.4 Å². The zero-order chi connectivity index (χ0) is 58.7. The van der Waals surface area contributed by atoms with E-state index < -0.39 is 24.0 Å². The number of carboxylic acids is 2. The summed E-state index contributed by atoms with van der Waals surface area (Å²) >= 11 is 13.9. The third-order valence-corrected chi connectivity index (χ3v) is 15.3. The molecule has 2 unspecified atom stereocenters. The summed E-state index contributed by atoms with van der Waals surface area (Å²) in [4.78, 5) is 40.0. The molecule has 16 nitrogen and oxygen atoms in total. The van der Waals surface area contributed by atoms with Gasteiger partial charge in [0.2, 0.25) is 0 Å². The number of carboxylic acid groups (broad SMARTS) is 2. The molecule has 18 heteroatoms. The van der Waals surface area contributed by atoms with Crippen molar-refractivity contribution in [3.05, 3.63) is 235 Å². The Kier molecular flexibility index (Phi) is 18.1. The second-order valence-corrected chi connectivity index (χ2v) is 21.0. The summed E-state index contributed by atoms with van der Waals surface area (Å²) in [6.45, 7) is 4.69. The van der Waals surface area contributed by atoms with Gasteiger partial charge in [-0.3, -0.25) is 30.2 Å². The minimum absolute atomic E-state index is 0.0640. The van der Waals surface area contributed by atoms with Crippen LogP contribution in [0.4, 0.5) is 0 Å². The number of aromatic nitrogens is 4. The van der Waals surface area contributed by atoms with Gasteiger partial charge in [0.1, 0.15) is 73.6 Å². The maximum atomic E-state index is 12.6. The van der Waals surface area contributed by atoms with Crippen molar-refractivity contribution >= 4 is 56.9 Å². The molecular formula is C66H56Cl2N8O8. The summed E-state index contributed by atoms with van der Waals surface area (Å²) < 4.78 is 25.7. The molecule has 0 aliphatic carbocycles. The van der Waals surface area contributed by atoms with Crippen LogP contribution in [0, 0.1) is 36.5 Å². The largest absolute Gasteiger partial charge is 0.488 e. The molecule has 6 aromatic carbocycles. The number of aliphatic carboxylic acids is 2. The molecule has 4 aromatic heterocycles. The van der Waals surface area contributed by atoms with Crippen LogP contribution in [-0.2, 0) is 61.9 Å². The molecule has 0 saturated carbocycles. The molecule has 6 N–H and O–H groups in total. The minimum Gasteiger partial charge on any atom is -0.488 e. The van der Waals surface area contributed by atoms with E-state index in [4.69, 9.17) is 42.1 Å². The maximum absolute atomic E-state index is 12.6. The summed E-state index contributed by atoms with van der Waals surface area (Å²) in [5.41, 5.74) is 12.6. The standard InChI is InChI=1S/C66H56Cl2N8O8/c1-39-45(37-83-63-23-61(81-35-43-17-41(25-69)27-71-29-43)49(19-55(63)67)33-75-59(65(77)78)21-47-31-73-57-15-5-3-11-53(47)57)9-7-13-51(39)52-14-8-10-46(40(52)2)38-84-64-24-62(82-36-44-18-42(26-70)28-72-30-44)50(20-56(64)68)34-76-60(66(79)80)22-48-32-74-58-16-6-4-12-54(48)58/h3-20,23-24,27-32,59-60,73-76H,21-22,33-38H2,1-2H3,(H,77,78)(H,79,80). The van der Waals surface area contributed by atoms with Gasteiger partial charge in [-0.2, -0.15) is 10.5 Å². The van der Waals surface area contributed by atoms with Crippen LogP contribution in [0.15, 0.2) is 159 Å². The van der Waals surface area contributed by atoms with Gasteiger partial charge in [-0.1, -0.05) is 96.0 Å². The smallest absolute Gasteiger partial charge is 0.321 e. The minimum atomic E-state index is -1.01. The zero-order valence-corrected chi connectivity index (χ0v) is 47.2. The molecule has 4 heterocycles.